The molecule has 5 heteroatoms. The molecule has 0 rings (SSSR count). The van der Waals surface area contributed by atoms with Crippen molar-refractivity contribution in [3.63, 3.8) is 0 Å². The van der Waals surface area contributed by atoms with Gasteiger partial charge in [0, 0.05) is 10.3 Å². The third kappa shape index (κ3) is 4.65. The van der Waals surface area contributed by atoms with Crippen molar-refractivity contribution in [3.05, 3.63) is 10.1 Å². The topological polar surface area (TPSA) is 69.4 Å². The van der Waals surface area contributed by atoms with Crippen LogP contribution in [-0.2, 0) is 9.53 Å². The summed E-state index contributed by atoms with van der Waals surface area (Å²) in [5.74, 6) is -0.415. The number of methoxy groups -OCH3 is 1. The Balaban J connectivity index is 4.03. The zero-order valence-electron chi connectivity index (χ0n) is 7.49. The van der Waals surface area contributed by atoms with Crippen molar-refractivity contribution < 1.29 is 14.5 Å². The van der Waals surface area contributed by atoms with Gasteiger partial charge in [-0.2, -0.15) is 0 Å². The zero-order valence-corrected chi connectivity index (χ0v) is 7.49. The van der Waals surface area contributed by atoms with Crippen LogP contribution in [0.3, 0.4) is 0 Å². The molecule has 0 amide bonds. The molecule has 0 aliphatic carbocycles. The van der Waals surface area contributed by atoms with Crippen LogP contribution in [0.15, 0.2) is 0 Å². The molecule has 0 fully saturated rings. The number of rotatable bonds is 4. The highest BCUT2D eigenvalue weighted by atomic mass is 16.6. The van der Waals surface area contributed by atoms with E-state index in [1.54, 1.807) is 13.8 Å². The molecular weight excluding hydrogens is 162 g/mol. The summed E-state index contributed by atoms with van der Waals surface area (Å²) in [6.45, 7) is 3.10. The lowest BCUT2D eigenvalue weighted by atomic mass is 9.90. The first-order valence-electron chi connectivity index (χ1n) is 3.56. The number of hydrogen-bond donors (Lipinski definition) is 0. The molecule has 0 N–H and O–H groups in total. The highest BCUT2D eigenvalue weighted by Gasteiger charge is 2.28. The van der Waals surface area contributed by atoms with Crippen LogP contribution in [-0.4, -0.2) is 24.5 Å². The Bertz CT molecular complexity index is 188. The van der Waals surface area contributed by atoms with E-state index in [0.717, 1.165) is 0 Å². The summed E-state index contributed by atoms with van der Waals surface area (Å²) in [6, 6.07) is 0. The van der Waals surface area contributed by atoms with Gasteiger partial charge in [-0.3, -0.25) is 14.9 Å². The van der Waals surface area contributed by atoms with Gasteiger partial charge in [-0.25, -0.2) is 0 Å². The monoisotopic (exact) mass is 175 g/mol. The van der Waals surface area contributed by atoms with Crippen molar-refractivity contribution in [1.82, 2.24) is 0 Å². The average Bonchev–Trinajstić information content (AvgIpc) is 1.83. The molecule has 0 aliphatic rings. The largest absolute Gasteiger partial charge is 0.469 e. The molecule has 0 heterocycles. The van der Waals surface area contributed by atoms with Gasteiger partial charge in [-0.05, 0) is 0 Å². The minimum Gasteiger partial charge on any atom is -0.469 e. The van der Waals surface area contributed by atoms with Crippen LogP contribution in [0.2, 0.25) is 0 Å². The predicted octanol–water partition coefficient (Wildman–Crippen LogP) is 0.852. The van der Waals surface area contributed by atoms with E-state index in [2.05, 4.69) is 4.74 Å². The van der Waals surface area contributed by atoms with Crippen molar-refractivity contribution in [1.29, 1.82) is 0 Å². The predicted molar refractivity (Wildman–Crippen MR) is 42.3 cm³/mol. The zero-order chi connectivity index (χ0) is 9.78. The summed E-state index contributed by atoms with van der Waals surface area (Å²) in [6.07, 6.45) is 0.0739. The van der Waals surface area contributed by atoms with Gasteiger partial charge in [0.2, 0.25) is 6.54 Å². The van der Waals surface area contributed by atoms with E-state index in [-0.39, 0.29) is 13.0 Å². The number of ether oxygens (including phenoxy) is 1. The second-order valence-corrected chi connectivity index (χ2v) is 3.41. The van der Waals surface area contributed by atoms with Crippen molar-refractivity contribution in [2.75, 3.05) is 13.7 Å². The van der Waals surface area contributed by atoms with E-state index in [1.807, 2.05) is 0 Å². The molecule has 0 bridgehead atoms. The van der Waals surface area contributed by atoms with E-state index in [9.17, 15) is 14.9 Å². The summed E-state index contributed by atoms with van der Waals surface area (Å²) in [5.41, 5.74) is -0.628. The Morgan fingerprint density at radius 3 is 2.42 bits per heavy atom. The minimum absolute atomic E-state index is 0.0739. The first-order valence-corrected chi connectivity index (χ1v) is 3.56. The maximum atomic E-state index is 10.8. The lowest BCUT2D eigenvalue weighted by Gasteiger charge is -2.17. The smallest absolute Gasteiger partial charge is 0.306 e. The molecule has 0 spiro atoms. The van der Waals surface area contributed by atoms with E-state index >= 15 is 0 Å². The third-order valence-corrected chi connectivity index (χ3v) is 1.41. The summed E-state index contributed by atoms with van der Waals surface area (Å²) in [4.78, 5) is 20.5. The van der Waals surface area contributed by atoms with Gasteiger partial charge in [-0.1, -0.05) is 13.8 Å². The van der Waals surface area contributed by atoms with E-state index in [4.69, 9.17) is 0 Å². The fraction of sp³-hybridized carbons (Fsp3) is 0.857. The minimum atomic E-state index is -0.628. The molecule has 0 aliphatic heterocycles. The molecular formula is C7H13NO4. The number of carbonyl (C=O) groups excluding carboxylic acids is 1. The van der Waals surface area contributed by atoms with Crippen molar-refractivity contribution in [2.45, 2.75) is 20.3 Å². The molecule has 0 atom stereocenters. The maximum absolute atomic E-state index is 10.8. The van der Waals surface area contributed by atoms with Gasteiger partial charge in [0.15, 0.2) is 0 Å². The lowest BCUT2D eigenvalue weighted by Crippen LogP contribution is -2.26. The van der Waals surface area contributed by atoms with Crippen LogP contribution in [0.5, 0.6) is 0 Å². The Labute approximate surface area is 70.9 Å². The Kier molecular flexibility index (Phi) is 3.66. The van der Waals surface area contributed by atoms with Crippen LogP contribution >= 0.6 is 0 Å². The Morgan fingerprint density at radius 2 is 2.08 bits per heavy atom. The van der Waals surface area contributed by atoms with Gasteiger partial charge in [0.05, 0.1) is 13.5 Å². The fourth-order valence-electron chi connectivity index (χ4n) is 0.868. The number of esters is 1. The number of nitro groups is 1. The Hall–Kier alpha value is -1.13. The molecule has 5 nitrogen and oxygen atoms in total. The van der Waals surface area contributed by atoms with E-state index in [0.29, 0.717) is 0 Å². The summed E-state index contributed by atoms with van der Waals surface area (Å²) in [5, 5.41) is 10.1. The molecule has 0 saturated carbocycles. The number of carbonyl (C=O) groups is 1. The van der Waals surface area contributed by atoms with Crippen molar-refractivity contribution in [2.24, 2.45) is 5.41 Å². The maximum Gasteiger partial charge on any atom is 0.306 e. The van der Waals surface area contributed by atoms with Crippen LogP contribution < -0.4 is 0 Å². The van der Waals surface area contributed by atoms with Gasteiger partial charge < -0.3 is 4.74 Å². The summed E-state index contributed by atoms with van der Waals surface area (Å²) >= 11 is 0. The van der Waals surface area contributed by atoms with Gasteiger partial charge >= 0.3 is 5.97 Å². The van der Waals surface area contributed by atoms with Gasteiger partial charge in [-0.15, -0.1) is 0 Å². The molecule has 0 saturated heterocycles. The molecule has 12 heavy (non-hydrogen) atoms. The quantitative estimate of drug-likeness (QED) is 0.361. The first-order chi connectivity index (χ1) is 5.37. The van der Waals surface area contributed by atoms with Crippen molar-refractivity contribution in [3.8, 4) is 0 Å². The van der Waals surface area contributed by atoms with E-state index < -0.39 is 16.3 Å². The molecule has 0 aromatic carbocycles. The standard InChI is InChI=1S/C7H13NO4/c1-7(2,5-8(10)11)4-6(9)12-3/h4-5H2,1-3H3. The molecule has 0 unspecified atom stereocenters. The summed E-state index contributed by atoms with van der Waals surface area (Å²) in [7, 11) is 1.27. The highest BCUT2D eigenvalue weighted by molar-refractivity contribution is 5.69. The SMILES string of the molecule is COC(=O)CC(C)(C)C[N+](=O)[O-]. The van der Waals surface area contributed by atoms with Crippen LogP contribution in [0.25, 0.3) is 0 Å². The Morgan fingerprint density at radius 1 is 1.58 bits per heavy atom. The van der Waals surface area contributed by atoms with Crippen LogP contribution in [0.1, 0.15) is 20.3 Å². The first kappa shape index (κ1) is 10.9. The molecule has 0 aromatic heterocycles. The fourth-order valence-corrected chi connectivity index (χ4v) is 0.868. The van der Waals surface area contributed by atoms with Gasteiger partial charge in [0.1, 0.15) is 0 Å². The van der Waals surface area contributed by atoms with E-state index in [1.165, 1.54) is 7.11 Å². The highest BCUT2D eigenvalue weighted by Crippen LogP contribution is 2.20. The normalized spacial score (nSPS) is 10.9. The number of nitrogens with zero attached hydrogens (tertiary/aromatic N) is 1. The molecule has 0 aromatic rings. The van der Waals surface area contributed by atoms with Crippen molar-refractivity contribution >= 4 is 5.97 Å². The lowest BCUT2D eigenvalue weighted by molar-refractivity contribution is -0.495. The molecule has 70 valence electrons. The molecule has 0 radical (unpaired) electrons. The van der Waals surface area contributed by atoms with Gasteiger partial charge in [0.25, 0.3) is 0 Å². The number of hydrogen-bond acceptors (Lipinski definition) is 4. The van der Waals surface area contributed by atoms with Crippen LogP contribution in [0, 0.1) is 15.5 Å². The second kappa shape index (κ2) is 4.04. The summed E-state index contributed by atoms with van der Waals surface area (Å²) < 4.78 is 4.41. The average molecular weight is 175 g/mol. The second-order valence-electron chi connectivity index (χ2n) is 3.41. The van der Waals surface area contributed by atoms with Crippen LogP contribution in [0.4, 0.5) is 0 Å². The third-order valence-electron chi connectivity index (χ3n) is 1.41.